The van der Waals surface area contributed by atoms with Gasteiger partial charge in [-0.1, -0.05) is 30.3 Å². The van der Waals surface area contributed by atoms with E-state index in [1.807, 2.05) is 30.1 Å². The second kappa shape index (κ2) is 8.31. The van der Waals surface area contributed by atoms with Gasteiger partial charge < -0.3 is 19.7 Å². The van der Waals surface area contributed by atoms with Gasteiger partial charge in [0.15, 0.2) is 0 Å². The third-order valence-corrected chi connectivity index (χ3v) is 5.34. The average molecular weight is 358 g/mol. The molecule has 2 N–H and O–H groups in total. The molecular weight excluding hydrogens is 328 g/mol. The highest BCUT2D eigenvalue weighted by atomic mass is 16.5. The molecule has 26 heavy (non-hydrogen) atoms. The summed E-state index contributed by atoms with van der Waals surface area (Å²) in [6.07, 6.45) is 3.76. The molecule has 3 rings (SSSR count). The number of hydrogen-bond donors (Lipinski definition) is 2. The maximum atomic E-state index is 10.3. The number of aromatic nitrogens is 2. The van der Waals surface area contributed by atoms with Gasteiger partial charge in [-0.15, -0.1) is 0 Å². The van der Waals surface area contributed by atoms with Crippen LogP contribution in [0.5, 0.6) is 0 Å². The molecule has 6 nitrogen and oxygen atoms in total. The number of aliphatic hydroxyl groups is 1. The first kappa shape index (κ1) is 19.0. The third kappa shape index (κ3) is 3.99. The van der Waals surface area contributed by atoms with E-state index in [4.69, 9.17) is 4.74 Å². The first-order valence-electron chi connectivity index (χ1n) is 9.25. The molecule has 1 aliphatic heterocycles. The Morgan fingerprint density at radius 2 is 2.15 bits per heavy atom. The number of hydrogen-bond acceptors (Lipinski definition) is 5. The van der Waals surface area contributed by atoms with Crippen LogP contribution < -0.4 is 5.32 Å². The lowest BCUT2D eigenvalue weighted by atomic mass is 9.93. The summed E-state index contributed by atoms with van der Waals surface area (Å²) in [4.78, 5) is 6.80. The van der Waals surface area contributed by atoms with Crippen LogP contribution in [0.2, 0.25) is 0 Å². The highest BCUT2D eigenvalue weighted by Crippen LogP contribution is 2.27. The van der Waals surface area contributed by atoms with E-state index in [2.05, 4.69) is 53.3 Å². The second-order valence-corrected chi connectivity index (χ2v) is 7.36. The zero-order valence-corrected chi connectivity index (χ0v) is 15.9. The number of morpholine rings is 1. The van der Waals surface area contributed by atoms with Crippen LogP contribution >= 0.6 is 0 Å². The van der Waals surface area contributed by atoms with Crippen LogP contribution in [0, 0.1) is 0 Å². The number of rotatable bonds is 7. The Balaban J connectivity index is 1.76. The van der Waals surface area contributed by atoms with E-state index in [-0.39, 0.29) is 18.7 Å². The SMILES string of the molecule is CC(NC[C@]1(CO)COC[C@@H](C)N1Cc1ccccc1)c1nccn1C. The molecule has 6 heteroatoms. The van der Waals surface area contributed by atoms with Gasteiger partial charge in [0.25, 0.3) is 0 Å². The second-order valence-electron chi connectivity index (χ2n) is 7.36. The predicted molar refractivity (Wildman–Crippen MR) is 102 cm³/mol. The molecule has 2 heterocycles. The van der Waals surface area contributed by atoms with Crippen molar-refractivity contribution in [2.24, 2.45) is 7.05 Å². The quantitative estimate of drug-likeness (QED) is 0.789. The van der Waals surface area contributed by atoms with Crippen molar-refractivity contribution in [1.82, 2.24) is 19.8 Å². The summed E-state index contributed by atoms with van der Waals surface area (Å²) in [7, 11) is 2.00. The van der Waals surface area contributed by atoms with Gasteiger partial charge in [0.2, 0.25) is 0 Å². The number of nitrogens with one attached hydrogen (secondary N) is 1. The Morgan fingerprint density at radius 1 is 1.38 bits per heavy atom. The Hall–Kier alpha value is -1.73. The van der Waals surface area contributed by atoms with E-state index in [0.29, 0.717) is 19.8 Å². The molecule has 1 aromatic heterocycles. The first-order valence-corrected chi connectivity index (χ1v) is 9.25. The molecule has 1 fully saturated rings. The molecule has 1 saturated heterocycles. The van der Waals surface area contributed by atoms with Gasteiger partial charge >= 0.3 is 0 Å². The third-order valence-electron chi connectivity index (χ3n) is 5.34. The zero-order chi connectivity index (χ0) is 18.6. The van der Waals surface area contributed by atoms with E-state index in [1.165, 1.54) is 5.56 Å². The summed E-state index contributed by atoms with van der Waals surface area (Å²) in [5.41, 5.74) is 0.795. The van der Waals surface area contributed by atoms with E-state index >= 15 is 0 Å². The van der Waals surface area contributed by atoms with Crippen molar-refractivity contribution in [3.63, 3.8) is 0 Å². The van der Waals surface area contributed by atoms with E-state index < -0.39 is 5.54 Å². The highest BCUT2D eigenvalue weighted by molar-refractivity contribution is 5.16. The van der Waals surface area contributed by atoms with Crippen LogP contribution in [-0.2, 0) is 18.3 Å². The molecule has 1 aromatic carbocycles. The van der Waals surface area contributed by atoms with Crippen LogP contribution in [0.25, 0.3) is 0 Å². The minimum atomic E-state index is -0.451. The van der Waals surface area contributed by atoms with Gasteiger partial charge in [-0.25, -0.2) is 4.98 Å². The van der Waals surface area contributed by atoms with Gasteiger partial charge in [0.05, 0.1) is 31.4 Å². The summed E-state index contributed by atoms with van der Waals surface area (Å²) < 4.78 is 7.86. The van der Waals surface area contributed by atoms with Crippen LogP contribution in [0.4, 0.5) is 0 Å². The average Bonchev–Trinajstić information content (AvgIpc) is 3.09. The number of aliphatic hydroxyl groups excluding tert-OH is 1. The Kier molecular flexibility index (Phi) is 6.09. The van der Waals surface area contributed by atoms with Crippen molar-refractivity contribution in [3.05, 3.63) is 54.1 Å². The molecule has 0 spiro atoms. The topological polar surface area (TPSA) is 62.5 Å². The molecule has 0 amide bonds. The molecule has 0 radical (unpaired) electrons. The molecule has 3 atom stereocenters. The van der Waals surface area contributed by atoms with Gasteiger partial charge in [-0.2, -0.15) is 0 Å². The summed E-state index contributed by atoms with van der Waals surface area (Å²) in [5, 5.41) is 13.9. The number of ether oxygens (including phenoxy) is 1. The normalized spacial score (nSPS) is 25.3. The maximum Gasteiger partial charge on any atom is 0.125 e. The lowest BCUT2D eigenvalue weighted by Gasteiger charge is -2.50. The predicted octanol–water partition coefficient (Wildman–Crippen LogP) is 1.72. The molecule has 1 unspecified atom stereocenters. The van der Waals surface area contributed by atoms with Crippen LogP contribution in [0.1, 0.15) is 31.3 Å². The molecule has 0 aliphatic carbocycles. The summed E-state index contributed by atoms with van der Waals surface area (Å²) >= 11 is 0. The van der Waals surface area contributed by atoms with Crippen LogP contribution in [-0.4, -0.2) is 57.5 Å². The summed E-state index contributed by atoms with van der Waals surface area (Å²) in [6.45, 7) is 6.94. The molecule has 2 aromatic rings. The standard InChI is InChI=1S/C20H30N4O2/c1-16-12-26-15-20(14-25,24(16)11-18-7-5-4-6-8-18)13-22-17(2)19-21-9-10-23(19)3/h4-10,16-17,22,25H,11-15H2,1-3H3/t16-,17?,20+/m1/s1. The van der Waals surface area contributed by atoms with Crippen molar-refractivity contribution in [1.29, 1.82) is 0 Å². The van der Waals surface area contributed by atoms with Crippen molar-refractivity contribution in [3.8, 4) is 0 Å². The molecular formula is C20H30N4O2. The summed E-state index contributed by atoms with van der Waals surface area (Å²) in [5.74, 6) is 0.984. The Bertz CT molecular complexity index is 690. The van der Waals surface area contributed by atoms with E-state index in [1.54, 1.807) is 0 Å². The largest absolute Gasteiger partial charge is 0.394 e. The number of aryl methyl sites for hydroxylation is 1. The fourth-order valence-electron chi connectivity index (χ4n) is 3.74. The van der Waals surface area contributed by atoms with Crippen LogP contribution in [0.3, 0.4) is 0 Å². The van der Waals surface area contributed by atoms with E-state index in [0.717, 1.165) is 12.4 Å². The summed E-state index contributed by atoms with van der Waals surface area (Å²) in [6, 6.07) is 10.7. The van der Waals surface area contributed by atoms with Gasteiger partial charge in [0.1, 0.15) is 5.82 Å². The van der Waals surface area contributed by atoms with Gasteiger partial charge in [-0.3, -0.25) is 4.90 Å². The van der Waals surface area contributed by atoms with Gasteiger partial charge in [0, 0.05) is 38.6 Å². The van der Waals surface area contributed by atoms with Gasteiger partial charge in [-0.05, 0) is 19.4 Å². The Labute approximate surface area is 155 Å². The minimum absolute atomic E-state index is 0.0461. The monoisotopic (exact) mass is 358 g/mol. The molecule has 142 valence electrons. The fourth-order valence-corrected chi connectivity index (χ4v) is 3.74. The van der Waals surface area contributed by atoms with Crippen molar-refractivity contribution >= 4 is 0 Å². The van der Waals surface area contributed by atoms with E-state index in [9.17, 15) is 5.11 Å². The lowest BCUT2D eigenvalue weighted by Crippen LogP contribution is -2.66. The maximum absolute atomic E-state index is 10.3. The fraction of sp³-hybridized carbons (Fsp3) is 0.550. The highest BCUT2D eigenvalue weighted by Gasteiger charge is 2.42. The first-order chi connectivity index (χ1) is 12.6. The van der Waals surface area contributed by atoms with Crippen molar-refractivity contribution in [2.45, 2.75) is 38.0 Å². The molecule has 1 aliphatic rings. The minimum Gasteiger partial charge on any atom is -0.394 e. The zero-order valence-electron chi connectivity index (χ0n) is 15.9. The lowest BCUT2D eigenvalue weighted by molar-refractivity contribution is -0.123. The van der Waals surface area contributed by atoms with Crippen molar-refractivity contribution < 1.29 is 9.84 Å². The number of nitrogens with zero attached hydrogens (tertiary/aromatic N) is 3. The number of imidazole rings is 1. The molecule has 0 saturated carbocycles. The Morgan fingerprint density at radius 3 is 2.81 bits per heavy atom. The van der Waals surface area contributed by atoms with Crippen molar-refractivity contribution in [2.75, 3.05) is 26.4 Å². The molecule has 0 bridgehead atoms. The smallest absolute Gasteiger partial charge is 0.125 e. The number of benzene rings is 1. The van der Waals surface area contributed by atoms with Crippen LogP contribution in [0.15, 0.2) is 42.7 Å².